The number of carbonyl (C=O) groups excluding carboxylic acids is 1. The van der Waals surface area contributed by atoms with Gasteiger partial charge in [-0.05, 0) is 40.6 Å². The van der Waals surface area contributed by atoms with E-state index in [9.17, 15) is 4.79 Å². The molecular weight excluding hydrogens is 330 g/mol. The molecule has 26 heavy (non-hydrogen) atoms. The normalized spacial score (nSPS) is 16.8. The van der Waals surface area contributed by atoms with Crippen molar-refractivity contribution in [2.75, 3.05) is 6.79 Å². The van der Waals surface area contributed by atoms with Crippen LogP contribution in [0.1, 0.15) is 11.1 Å². The Kier molecular flexibility index (Phi) is 3.25. The maximum Gasteiger partial charge on any atom is 0.363 e. The van der Waals surface area contributed by atoms with Crippen LogP contribution in [0.4, 0.5) is 0 Å². The van der Waals surface area contributed by atoms with E-state index in [1.807, 2.05) is 42.5 Å². The molecule has 0 saturated carbocycles. The maximum atomic E-state index is 12.3. The smallest absolute Gasteiger partial charge is 0.363 e. The second kappa shape index (κ2) is 5.74. The van der Waals surface area contributed by atoms with Crippen molar-refractivity contribution in [1.82, 2.24) is 0 Å². The lowest BCUT2D eigenvalue weighted by Crippen LogP contribution is -2.05. The third kappa shape index (κ3) is 2.41. The molecule has 2 aliphatic heterocycles. The average molecular weight is 343 g/mol. The minimum absolute atomic E-state index is 0.192. The third-order valence-corrected chi connectivity index (χ3v) is 4.36. The second-order valence-electron chi connectivity index (χ2n) is 5.97. The Morgan fingerprint density at radius 2 is 1.77 bits per heavy atom. The van der Waals surface area contributed by atoms with E-state index in [0.717, 1.165) is 16.3 Å². The van der Waals surface area contributed by atoms with Gasteiger partial charge in [-0.1, -0.05) is 42.5 Å². The third-order valence-electron chi connectivity index (χ3n) is 4.36. The molecule has 0 atom stereocenters. The van der Waals surface area contributed by atoms with Crippen LogP contribution in [-0.4, -0.2) is 18.7 Å². The molecule has 5 nitrogen and oxygen atoms in total. The molecule has 0 saturated heterocycles. The van der Waals surface area contributed by atoms with Crippen LogP contribution in [-0.2, 0) is 9.53 Å². The van der Waals surface area contributed by atoms with Crippen molar-refractivity contribution in [3.63, 3.8) is 0 Å². The van der Waals surface area contributed by atoms with Gasteiger partial charge in [0, 0.05) is 5.56 Å². The van der Waals surface area contributed by atoms with Crippen LogP contribution in [0, 0.1) is 0 Å². The van der Waals surface area contributed by atoms with E-state index in [2.05, 4.69) is 4.99 Å². The molecule has 0 aromatic heterocycles. The number of fused-ring (bicyclic) bond motifs is 2. The molecular formula is C21H13NO4. The van der Waals surface area contributed by atoms with Gasteiger partial charge < -0.3 is 14.2 Å². The number of ether oxygens (including phenoxy) is 3. The van der Waals surface area contributed by atoms with E-state index in [4.69, 9.17) is 14.2 Å². The first-order valence-corrected chi connectivity index (χ1v) is 8.18. The van der Waals surface area contributed by atoms with E-state index in [-0.39, 0.29) is 18.4 Å². The number of aliphatic imine (C=N–C) groups is 1. The first kappa shape index (κ1) is 14.7. The highest BCUT2D eigenvalue weighted by atomic mass is 16.7. The first-order chi connectivity index (χ1) is 12.8. The van der Waals surface area contributed by atoms with E-state index in [1.165, 1.54) is 0 Å². The molecule has 5 rings (SSSR count). The molecule has 0 spiro atoms. The summed E-state index contributed by atoms with van der Waals surface area (Å²) in [5, 5.41) is 2.16. The summed E-state index contributed by atoms with van der Waals surface area (Å²) in [6.07, 6.45) is 1.75. The van der Waals surface area contributed by atoms with Crippen LogP contribution >= 0.6 is 0 Å². The highest BCUT2D eigenvalue weighted by Gasteiger charge is 2.26. The van der Waals surface area contributed by atoms with Crippen molar-refractivity contribution < 1.29 is 19.0 Å². The molecule has 0 bridgehead atoms. The van der Waals surface area contributed by atoms with Crippen molar-refractivity contribution in [3.05, 3.63) is 77.5 Å². The van der Waals surface area contributed by atoms with Crippen LogP contribution in [0.5, 0.6) is 11.5 Å². The van der Waals surface area contributed by atoms with Crippen molar-refractivity contribution in [2.24, 2.45) is 4.99 Å². The Hall–Kier alpha value is -3.60. The highest BCUT2D eigenvalue weighted by Crippen LogP contribution is 2.33. The zero-order valence-corrected chi connectivity index (χ0v) is 13.6. The van der Waals surface area contributed by atoms with Gasteiger partial charge in [0.05, 0.1) is 0 Å². The van der Waals surface area contributed by atoms with Gasteiger partial charge in [-0.3, -0.25) is 0 Å². The van der Waals surface area contributed by atoms with Crippen molar-refractivity contribution in [1.29, 1.82) is 0 Å². The van der Waals surface area contributed by atoms with Crippen molar-refractivity contribution in [3.8, 4) is 11.5 Å². The Balaban J connectivity index is 1.55. The van der Waals surface area contributed by atoms with Gasteiger partial charge in [-0.25, -0.2) is 9.79 Å². The van der Waals surface area contributed by atoms with E-state index in [1.54, 1.807) is 24.3 Å². The van der Waals surface area contributed by atoms with Crippen LogP contribution in [0.2, 0.25) is 0 Å². The fourth-order valence-corrected chi connectivity index (χ4v) is 3.09. The minimum atomic E-state index is -0.467. The molecule has 5 heteroatoms. The Labute approximate surface area is 149 Å². The number of esters is 1. The van der Waals surface area contributed by atoms with Gasteiger partial charge in [0.1, 0.15) is 0 Å². The summed E-state index contributed by atoms with van der Waals surface area (Å²) >= 11 is 0. The topological polar surface area (TPSA) is 57.1 Å². The van der Waals surface area contributed by atoms with Gasteiger partial charge in [0.15, 0.2) is 17.2 Å². The zero-order chi connectivity index (χ0) is 17.5. The SMILES string of the molecule is O=C1OC(c2ccc3c(c2)OCO3)=N/C1=C/c1cccc2ccccc12. The molecule has 126 valence electrons. The lowest BCUT2D eigenvalue weighted by atomic mass is 10.0. The largest absolute Gasteiger partial charge is 0.454 e. The molecule has 0 N–H and O–H groups in total. The van der Waals surface area contributed by atoms with Gasteiger partial charge >= 0.3 is 5.97 Å². The predicted molar refractivity (Wildman–Crippen MR) is 97.1 cm³/mol. The average Bonchev–Trinajstić information content (AvgIpc) is 3.28. The molecule has 3 aromatic carbocycles. The Bertz CT molecular complexity index is 1110. The van der Waals surface area contributed by atoms with E-state index in [0.29, 0.717) is 17.1 Å². The van der Waals surface area contributed by atoms with Crippen LogP contribution < -0.4 is 9.47 Å². The number of hydrogen-bond donors (Lipinski definition) is 0. The minimum Gasteiger partial charge on any atom is -0.454 e. The van der Waals surface area contributed by atoms with E-state index < -0.39 is 5.97 Å². The zero-order valence-electron chi connectivity index (χ0n) is 13.6. The molecule has 0 fully saturated rings. The first-order valence-electron chi connectivity index (χ1n) is 8.18. The second-order valence-corrected chi connectivity index (χ2v) is 5.97. The van der Waals surface area contributed by atoms with Crippen molar-refractivity contribution in [2.45, 2.75) is 0 Å². The van der Waals surface area contributed by atoms with E-state index >= 15 is 0 Å². The summed E-state index contributed by atoms with van der Waals surface area (Å²) in [6, 6.07) is 19.3. The number of cyclic esters (lactones) is 1. The lowest BCUT2D eigenvalue weighted by Gasteiger charge is -2.01. The number of nitrogens with zero attached hydrogens (tertiary/aromatic N) is 1. The fraction of sp³-hybridized carbons (Fsp3) is 0.0476. The van der Waals surface area contributed by atoms with Gasteiger partial charge in [0.2, 0.25) is 12.7 Å². The number of carbonyl (C=O) groups is 1. The molecule has 0 aliphatic carbocycles. The molecule has 0 radical (unpaired) electrons. The van der Waals surface area contributed by atoms with Crippen LogP contribution in [0.3, 0.4) is 0 Å². The van der Waals surface area contributed by atoms with Gasteiger partial charge in [-0.15, -0.1) is 0 Å². The summed E-state index contributed by atoms with van der Waals surface area (Å²) in [6.45, 7) is 0.192. The number of rotatable bonds is 2. The summed E-state index contributed by atoms with van der Waals surface area (Å²) in [5.41, 5.74) is 1.86. The number of hydrogen-bond acceptors (Lipinski definition) is 5. The molecule has 3 aromatic rings. The van der Waals surface area contributed by atoms with Crippen LogP contribution in [0.25, 0.3) is 16.8 Å². The number of benzene rings is 3. The van der Waals surface area contributed by atoms with Gasteiger partial charge in [-0.2, -0.15) is 0 Å². The monoisotopic (exact) mass is 343 g/mol. The van der Waals surface area contributed by atoms with Gasteiger partial charge in [0.25, 0.3) is 0 Å². The Morgan fingerprint density at radius 3 is 2.73 bits per heavy atom. The highest BCUT2D eigenvalue weighted by molar-refractivity contribution is 6.13. The molecule has 0 amide bonds. The predicted octanol–water partition coefficient (Wildman–Crippen LogP) is 3.91. The van der Waals surface area contributed by atoms with Crippen LogP contribution in [0.15, 0.2) is 71.4 Å². The molecule has 2 heterocycles. The Morgan fingerprint density at radius 1 is 0.923 bits per heavy atom. The summed E-state index contributed by atoms with van der Waals surface area (Å²) < 4.78 is 16.0. The summed E-state index contributed by atoms with van der Waals surface area (Å²) in [4.78, 5) is 16.6. The standard InChI is InChI=1S/C21H13NO4/c23-21-17(10-14-6-3-5-13-4-1-2-7-16(13)14)22-20(26-21)15-8-9-18-19(11-15)25-12-24-18/h1-11H,12H2/b17-10+. The summed E-state index contributed by atoms with van der Waals surface area (Å²) in [7, 11) is 0. The fourth-order valence-electron chi connectivity index (χ4n) is 3.09. The lowest BCUT2D eigenvalue weighted by molar-refractivity contribution is -0.129. The quantitative estimate of drug-likeness (QED) is 0.523. The van der Waals surface area contributed by atoms with Crippen molar-refractivity contribution >= 4 is 28.7 Å². The summed E-state index contributed by atoms with van der Waals surface area (Å²) in [5.74, 6) is 1.09. The molecule has 0 unspecified atom stereocenters. The maximum absolute atomic E-state index is 12.3. The molecule has 2 aliphatic rings.